The highest BCUT2D eigenvalue weighted by molar-refractivity contribution is 7.52. The van der Waals surface area contributed by atoms with E-state index < -0.39 is 32.8 Å². The van der Waals surface area contributed by atoms with Crippen molar-refractivity contribution in [3.05, 3.63) is 0 Å². The fourth-order valence-corrected chi connectivity index (χ4v) is 1.13. The molecule has 0 saturated carbocycles. The third-order valence-corrected chi connectivity index (χ3v) is 1.71. The minimum Gasteiger partial charge on any atom is -0.370 e. The van der Waals surface area contributed by atoms with Crippen LogP contribution in [0.1, 0.15) is 0 Å². The molecule has 0 saturated heterocycles. The zero-order valence-corrected chi connectivity index (χ0v) is 7.53. The van der Waals surface area contributed by atoms with Crippen molar-refractivity contribution in [3.63, 3.8) is 0 Å². The van der Waals surface area contributed by atoms with E-state index >= 15 is 0 Å². The highest BCUT2D eigenvalue weighted by Gasteiger charge is 2.26. The van der Waals surface area contributed by atoms with Crippen molar-refractivity contribution in [2.45, 2.75) is 0 Å². The molecule has 0 bridgehead atoms. The van der Waals surface area contributed by atoms with E-state index in [0.717, 1.165) is 0 Å². The summed E-state index contributed by atoms with van der Waals surface area (Å²) in [6.07, 6.45) is 0. The van der Waals surface area contributed by atoms with Crippen molar-refractivity contribution in [1.29, 1.82) is 0 Å². The number of carbonyl (C=O) groups excluding carboxylic acids is 2. The van der Waals surface area contributed by atoms with Gasteiger partial charge in [0.2, 0.25) is 0 Å². The molecule has 0 aromatic heterocycles. The van der Waals surface area contributed by atoms with E-state index in [2.05, 4.69) is 9.05 Å². The van der Waals surface area contributed by atoms with Crippen molar-refractivity contribution in [2.24, 2.45) is 17.0 Å². The molecule has 13 heavy (non-hydrogen) atoms. The Morgan fingerprint density at radius 3 is 1.62 bits per heavy atom. The van der Waals surface area contributed by atoms with Crippen LogP contribution in [-0.4, -0.2) is 25.0 Å². The highest BCUT2D eigenvalue weighted by atomic mass is 31.2. The second-order valence-electron chi connectivity index (χ2n) is 1.87. The summed E-state index contributed by atoms with van der Waals surface area (Å²) in [5.74, 6) is -2.06. The molecule has 0 amide bonds. The molecule has 0 spiro atoms. The molecule has 6 N–H and O–H groups in total. The van der Waals surface area contributed by atoms with Gasteiger partial charge in [-0.25, -0.2) is 10.1 Å². The van der Waals surface area contributed by atoms with Crippen LogP contribution < -0.4 is 17.0 Å². The van der Waals surface area contributed by atoms with Gasteiger partial charge in [0.05, 0.1) is 13.1 Å². The zero-order chi connectivity index (χ0) is 10.5. The first-order valence-corrected chi connectivity index (χ1v) is 4.76. The van der Waals surface area contributed by atoms with Gasteiger partial charge in [0, 0.05) is 0 Å². The van der Waals surface area contributed by atoms with Gasteiger partial charge < -0.3 is 20.5 Å². The first kappa shape index (κ1) is 12.0. The lowest BCUT2D eigenvalue weighted by Gasteiger charge is -2.11. The Labute approximate surface area is 73.9 Å². The summed E-state index contributed by atoms with van der Waals surface area (Å²) >= 11 is 0. The van der Waals surface area contributed by atoms with E-state index in [1.807, 2.05) is 0 Å². The fraction of sp³-hybridized carbons (Fsp3) is 0.500. The average molecular weight is 211 g/mol. The molecule has 0 aliphatic carbocycles. The lowest BCUT2D eigenvalue weighted by molar-refractivity contribution is -0.137. The zero-order valence-electron chi connectivity index (χ0n) is 6.63. The lowest BCUT2D eigenvalue weighted by Crippen LogP contribution is -2.22. The van der Waals surface area contributed by atoms with Gasteiger partial charge >= 0.3 is 19.7 Å². The Hall–Kier alpha value is -0.950. The van der Waals surface area contributed by atoms with E-state index in [1.54, 1.807) is 0 Å². The third-order valence-electron chi connectivity index (χ3n) is 0.791. The molecular formula is C4H10N3O5P. The third kappa shape index (κ3) is 5.31. The summed E-state index contributed by atoms with van der Waals surface area (Å²) in [7, 11) is -4.20. The summed E-state index contributed by atoms with van der Waals surface area (Å²) in [5.41, 5.74) is 14.5. The van der Waals surface area contributed by atoms with E-state index in [1.165, 1.54) is 0 Å². The van der Waals surface area contributed by atoms with Crippen LogP contribution in [0.25, 0.3) is 0 Å². The summed E-state index contributed by atoms with van der Waals surface area (Å²) in [4.78, 5) is 21.0. The molecular weight excluding hydrogens is 201 g/mol. The second-order valence-corrected chi connectivity index (χ2v) is 3.32. The van der Waals surface area contributed by atoms with E-state index in [-0.39, 0.29) is 0 Å². The van der Waals surface area contributed by atoms with Crippen molar-refractivity contribution in [2.75, 3.05) is 13.1 Å². The van der Waals surface area contributed by atoms with Gasteiger partial charge in [0.25, 0.3) is 0 Å². The van der Waals surface area contributed by atoms with Crippen molar-refractivity contribution in [1.82, 2.24) is 0 Å². The first-order chi connectivity index (χ1) is 5.91. The fourth-order valence-electron chi connectivity index (χ4n) is 0.377. The highest BCUT2D eigenvalue weighted by Crippen LogP contribution is 2.38. The van der Waals surface area contributed by atoms with E-state index in [9.17, 15) is 14.2 Å². The van der Waals surface area contributed by atoms with Crippen LogP contribution in [0.5, 0.6) is 0 Å². The minimum absolute atomic E-state index is 0.513. The van der Waals surface area contributed by atoms with Gasteiger partial charge in [0.15, 0.2) is 0 Å². The maximum atomic E-state index is 10.9. The Balaban J connectivity index is 4.16. The maximum Gasteiger partial charge on any atom is 0.514 e. The van der Waals surface area contributed by atoms with Crippen molar-refractivity contribution >= 4 is 19.7 Å². The van der Waals surface area contributed by atoms with Gasteiger partial charge in [-0.05, 0) is 0 Å². The summed E-state index contributed by atoms with van der Waals surface area (Å²) in [6.45, 7) is -1.03. The smallest absolute Gasteiger partial charge is 0.370 e. The predicted octanol–water partition coefficient (Wildman–Crippen LogP) is -1.94. The number of rotatable bonds is 4. The Morgan fingerprint density at radius 2 is 1.38 bits per heavy atom. The second kappa shape index (κ2) is 4.93. The molecule has 9 heteroatoms. The van der Waals surface area contributed by atoms with Gasteiger partial charge in [0.1, 0.15) is 0 Å². The maximum absolute atomic E-state index is 10.9. The topological polar surface area (TPSA) is 148 Å². The number of nitrogens with two attached hydrogens (primary N) is 3. The molecule has 0 fully saturated rings. The normalized spacial score (nSPS) is 10.7. The molecule has 0 aromatic rings. The molecule has 76 valence electrons. The Morgan fingerprint density at radius 1 is 1.08 bits per heavy atom. The molecule has 0 radical (unpaired) electrons. The molecule has 0 aliphatic heterocycles. The predicted molar refractivity (Wildman–Crippen MR) is 42.1 cm³/mol. The van der Waals surface area contributed by atoms with Gasteiger partial charge in [-0.2, -0.15) is 0 Å². The van der Waals surface area contributed by atoms with Crippen LogP contribution in [0.3, 0.4) is 0 Å². The van der Waals surface area contributed by atoms with E-state index in [4.69, 9.17) is 17.0 Å². The number of carbonyl (C=O) groups is 2. The molecule has 0 aromatic carbocycles. The monoisotopic (exact) mass is 211 g/mol. The molecule has 8 nitrogen and oxygen atoms in total. The van der Waals surface area contributed by atoms with Crippen LogP contribution in [-0.2, 0) is 23.2 Å². The van der Waals surface area contributed by atoms with Crippen LogP contribution in [0.4, 0.5) is 0 Å². The number of hydrogen-bond acceptors (Lipinski definition) is 7. The molecule has 0 atom stereocenters. The molecule has 0 unspecified atom stereocenters. The Bertz CT molecular complexity index is 232. The Kier molecular flexibility index (Phi) is 4.57. The minimum atomic E-state index is -4.20. The van der Waals surface area contributed by atoms with Gasteiger partial charge in [-0.3, -0.25) is 9.59 Å². The summed E-state index contributed by atoms with van der Waals surface area (Å²) in [6, 6.07) is 0. The molecule has 0 heterocycles. The van der Waals surface area contributed by atoms with Crippen molar-refractivity contribution < 1.29 is 23.2 Å². The van der Waals surface area contributed by atoms with E-state index in [0.29, 0.717) is 0 Å². The van der Waals surface area contributed by atoms with Crippen LogP contribution in [0, 0.1) is 0 Å². The average Bonchev–Trinajstić information content (AvgIpc) is 2.02. The van der Waals surface area contributed by atoms with Crippen LogP contribution in [0.15, 0.2) is 0 Å². The number of hydrogen-bond donors (Lipinski definition) is 3. The van der Waals surface area contributed by atoms with Crippen LogP contribution in [0.2, 0.25) is 0 Å². The van der Waals surface area contributed by atoms with Crippen LogP contribution >= 0.6 is 7.75 Å². The largest absolute Gasteiger partial charge is 0.514 e. The quantitative estimate of drug-likeness (QED) is 0.454. The SMILES string of the molecule is NCC(=O)OP(N)(=O)OC(=O)CN. The standard InChI is InChI=1S/C4H10N3O5P/c5-1-3(8)11-13(7,10)12-4(9)2-6/h1-2,5-6H2,(H2,7,10). The van der Waals surface area contributed by atoms with Gasteiger partial charge in [-0.15, -0.1) is 0 Å². The summed E-state index contributed by atoms with van der Waals surface area (Å²) in [5, 5.41) is 0. The molecule has 0 rings (SSSR count). The first-order valence-electron chi connectivity index (χ1n) is 3.15. The van der Waals surface area contributed by atoms with Gasteiger partial charge in [-0.1, -0.05) is 0 Å². The summed E-state index contributed by atoms with van der Waals surface area (Å²) < 4.78 is 19.0. The lowest BCUT2D eigenvalue weighted by atomic mass is 10.7. The van der Waals surface area contributed by atoms with Crippen molar-refractivity contribution in [3.8, 4) is 0 Å². The molecule has 0 aliphatic rings.